The highest BCUT2D eigenvalue weighted by molar-refractivity contribution is 5.43. The summed E-state index contributed by atoms with van der Waals surface area (Å²) >= 11 is 0. The Labute approximate surface area is 125 Å². The van der Waals surface area contributed by atoms with E-state index >= 15 is 0 Å². The Morgan fingerprint density at radius 3 is 2.33 bits per heavy atom. The molecule has 0 aromatic heterocycles. The van der Waals surface area contributed by atoms with Gasteiger partial charge in [-0.3, -0.25) is 0 Å². The van der Waals surface area contributed by atoms with Gasteiger partial charge in [0.15, 0.2) is 11.5 Å². The van der Waals surface area contributed by atoms with Crippen LogP contribution in [0.1, 0.15) is 17.2 Å². The summed E-state index contributed by atoms with van der Waals surface area (Å²) in [7, 11) is 3.22. The van der Waals surface area contributed by atoms with Crippen LogP contribution < -0.4 is 15.2 Å². The van der Waals surface area contributed by atoms with Gasteiger partial charge >= 0.3 is 0 Å². The Kier molecular flexibility index (Phi) is 5.60. The van der Waals surface area contributed by atoms with Gasteiger partial charge in [-0.2, -0.15) is 0 Å². The molecule has 1 atom stereocenters. The van der Waals surface area contributed by atoms with Crippen molar-refractivity contribution in [2.24, 2.45) is 5.73 Å². The molecule has 112 valence electrons. The summed E-state index contributed by atoms with van der Waals surface area (Å²) in [5.74, 6) is 1.37. The molecule has 2 rings (SSSR count). The molecule has 4 nitrogen and oxygen atoms in total. The molecule has 0 radical (unpaired) electrons. The maximum Gasteiger partial charge on any atom is 0.161 e. The van der Waals surface area contributed by atoms with Gasteiger partial charge in [-0.1, -0.05) is 36.4 Å². The van der Waals surface area contributed by atoms with Gasteiger partial charge in [0.2, 0.25) is 0 Å². The number of benzene rings is 2. The number of hydrogen-bond acceptors (Lipinski definition) is 4. The van der Waals surface area contributed by atoms with Crippen LogP contribution in [0.3, 0.4) is 0 Å². The molecule has 0 saturated carbocycles. The first-order chi connectivity index (χ1) is 10.2. The maximum atomic E-state index is 6.15. The number of methoxy groups -OCH3 is 2. The van der Waals surface area contributed by atoms with E-state index in [1.807, 2.05) is 48.5 Å². The number of ether oxygens (including phenoxy) is 3. The molecule has 0 spiro atoms. The van der Waals surface area contributed by atoms with Crippen LogP contribution in [-0.2, 0) is 11.3 Å². The fraction of sp³-hybridized carbons (Fsp3) is 0.294. The molecule has 0 amide bonds. The summed E-state index contributed by atoms with van der Waals surface area (Å²) in [4.78, 5) is 0. The molecule has 2 aromatic carbocycles. The van der Waals surface area contributed by atoms with E-state index in [-0.39, 0.29) is 6.04 Å². The molecule has 0 bridgehead atoms. The van der Waals surface area contributed by atoms with Crippen LogP contribution >= 0.6 is 0 Å². The van der Waals surface area contributed by atoms with Gasteiger partial charge in [0, 0.05) is 0 Å². The van der Waals surface area contributed by atoms with E-state index in [2.05, 4.69) is 0 Å². The summed E-state index contributed by atoms with van der Waals surface area (Å²) in [6.45, 7) is 1.01. The largest absolute Gasteiger partial charge is 0.493 e. The van der Waals surface area contributed by atoms with Crippen LogP contribution in [0.25, 0.3) is 0 Å². The predicted molar refractivity (Wildman–Crippen MR) is 82.6 cm³/mol. The van der Waals surface area contributed by atoms with Gasteiger partial charge in [-0.25, -0.2) is 0 Å². The average Bonchev–Trinajstić information content (AvgIpc) is 2.55. The van der Waals surface area contributed by atoms with Crippen molar-refractivity contribution in [2.45, 2.75) is 12.6 Å². The SMILES string of the molecule is COc1ccc(C(N)COCc2ccccc2)cc1OC. The molecule has 0 aliphatic rings. The second-order valence-corrected chi connectivity index (χ2v) is 4.72. The van der Waals surface area contributed by atoms with Crippen LogP contribution in [0.15, 0.2) is 48.5 Å². The minimum Gasteiger partial charge on any atom is -0.493 e. The molecular weight excluding hydrogens is 266 g/mol. The fourth-order valence-corrected chi connectivity index (χ4v) is 2.06. The Morgan fingerprint density at radius 2 is 1.67 bits per heavy atom. The Bertz CT molecular complexity index is 557. The predicted octanol–water partition coefficient (Wildman–Crippen LogP) is 2.92. The van der Waals surface area contributed by atoms with Crippen LogP contribution in [0.5, 0.6) is 11.5 Å². The lowest BCUT2D eigenvalue weighted by Gasteiger charge is -2.15. The summed E-state index contributed by atoms with van der Waals surface area (Å²) in [5, 5.41) is 0. The number of nitrogens with two attached hydrogens (primary N) is 1. The molecule has 0 fully saturated rings. The molecule has 2 N–H and O–H groups in total. The van der Waals surface area contributed by atoms with Crippen LogP contribution in [-0.4, -0.2) is 20.8 Å². The highest BCUT2D eigenvalue weighted by atomic mass is 16.5. The van der Waals surface area contributed by atoms with Crippen molar-refractivity contribution >= 4 is 0 Å². The average molecular weight is 287 g/mol. The second-order valence-electron chi connectivity index (χ2n) is 4.72. The number of hydrogen-bond donors (Lipinski definition) is 1. The van der Waals surface area contributed by atoms with E-state index < -0.39 is 0 Å². The first kappa shape index (κ1) is 15.4. The Hall–Kier alpha value is -2.04. The molecule has 21 heavy (non-hydrogen) atoms. The third kappa shape index (κ3) is 4.21. The van der Waals surface area contributed by atoms with Crippen LogP contribution in [0, 0.1) is 0 Å². The molecule has 0 heterocycles. The quantitative estimate of drug-likeness (QED) is 0.850. The highest BCUT2D eigenvalue weighted by Crippen LogP contribution is 2.29. The minimum atomic E-state index is -0.200. The minimum absolute atomic E-state index is 0.200. The zero-order valence-corrected chi connectivity index (χ0v) is 12.4. The molecular formula is C17H21NO3. The monoisotopic (exact) mass is 287 g/mol. The van der Waals surface area contributed by atoms with Crippen molar-refractivity contribution in [2.75, 3.05) is 20.8 Å². The van der Waals surface area contributed by atoms with E-state index in [4.69, 9.17) is 19.9 Å². The zero-order chi connectivity index (χ0) is 15.1. The van der Waals surface area contributed by atoms with Crippen molar-refractivity contribution in [1.29, 1.82) is 0 Å². The summed E-state index contributed by atoms with van der Waals surface area (Å²) in [5.41, 5.74) is 8.25. The molecule has 0 aliphatic carbocycles. The van der Waals surface area contributed by atoms with Gasteiger partial charge in [0.1, 0.15) is 0 Å². The van der Waals surface area contributed by atoms with Crippen molar-refractivity contribution in [1.82, 2.24) is 0 Å². The first-order valence-corrected chi connectivity index (χ1v) is 6.83. The standard InChI is InChI=1S/C17H21NO3/c1-19-16-9-8-14(10-17(16)20-2)15(18)12-21-11-13-6-4-3-5-7-13/h3-10,15H,11-12,18H2,1-2H3. The summed E-state index contributed by atoms with van der Waals surface area (Å²) in [6, 6.07) is 15.5. The lowest BCUT2D eigenvalue weighted by molar-refractivity contribution is 0.108. The lowest BCUT2D eigenvalue weighted by atomic mass is 10.1. The van der Waals surface area contributed by atoms with E-state index in [9.17, 15) is 0 Å². The smallest absolute Gasteiger partial charge is 0.161 e. The van der Waals surface area contributed by atoms with Gasteiger partial charge in [0.05, 0.1) is 33.5 Å². The molecule has 0 aliphatic heterocycles. The van der Waals surface area contributed by atoms with Crippen LogP contribution in [0.4, 0.5) is 0 Å². The maximum absolute atomic E-state index is 6.15. The molecule has 0 saturated heterocycles. The third-order valence-electron chi connectivity index (χ3n) is 3.24. The van der Waals surface area contributed by atoms with Crippen molar-refractivity contribution in [3.05, 3.63) is 59.7 Å². The van der Waals surface area contributed by atoms with E-state index in [0.29, 0.717) is 24.7 Å². The van der Waals surface area contributed by atoms with Crippen molar-refractivity contribution < 1.29 is 14.2 Å². The molecule has 1 unspecified atom stereocenters. The Balaban J connectivity index is 1.92. The van der Waals surface area contributed by atoms with Crippen molar-refractivity contribution in [3.8, 4) is 11.5 Å². The third-order valence-corrected chi connectivity index (χ3v) is 3.24. The van der Waals surface area contributed by atoms with E-state index in [1.54, 1.807) is 14.2 Å². The van der Waals surface area contributed by atoms with Gasteiger partial charge in [-0.15, -0.1) is 0 Å². The van der Waals surface area contributed by atoms with Gasteiger partial charge in [-0.05, 0) is 23.3 Å². The second kappa shape index (κ2) is 7.67. The summed E-state index contributed by atoms with van der Waals surface area (Å²) in [6.07, 6.45) is 0. The zero-order valence-electron chi connectivity index (χ0n) is 12.4. The van der Waals surface area contributed by atoms with Gasteiger partial charge < -0.3 is 19.9 Å². The number of rotatable bonds is 7. The fourth-order valence-electron chi connectivity index (χ4n) is 2.06. The van der Waals surface area contributed by atoms with Gasteiger partial charge in [0.25, 0.3) is 0 Å². The molecule has 2 aromatic rings. The topological polar surface area (TPSA) is 53.7 Å². The normalized spacial score (nSPS) is 12.0. The van der Waals surface area contributed by atoms with E-state index in [0.717, 1.165) is 11.1 Å². The first-order valence-electron chi connectivity index (χ1n) is 6.83. The van der Waals surface area contributed by atoms with E-state index in [1.165, 1.54) is 0 Å². The highest BCUT2D eigenvalue weighted by Gasteiger charge is 2.10. The van der Waals surface area contributed by atoms with Crippen LogP contribution in [0.2, 0.25) is 0 Å². The molecule has 4 heteroatoms. The summed E-state index contributed by atoms with van der Waals surface area (Å²) < 4.78 is 16.2. The lowest BCUT2D eigenvalue weighted by Crippen LogP contribution is -2.17. The van der Waals surface area contributed by atoms with Crippen molar-refractivity contribution in [3.63, 3.8) is 0 Å². The Morgan fingerprint density at radius 1 is 0.952 bits per heavy atom.